The van der Waals surface area contributed by atoms with Crippen LogP contribution in [0.25, 0.3) is 0 Å². The van der Waals surface area contributed by atoms with E-state index in [0.717, 1.165) is 18.8 Å². The lowest BCUT2D eigenvalue weighted by Crippen LogP contribution is -3.11. The molecular formula is C15H26NO+. The highest BCUT2D eigenvalue weighted by atomic mass is 16.5. The summed E-state index contributed by atoms with van der Waals surface area (Å²) in [4.78, 5) is 1.65. The van der Waals surface area contributed by atoms with Crippen molar-refractivity contribution < 1.29 is 9.64 Å². The van der Waals surface area contributed by atoms with E-state index in [4.69, 9.17) is 4.74 Å². The molecule has 17 heavy (non-hydrogen) atoms. The fourth-order valence-electron chi connectivity index (χ4n) is 1.97. The second-order valence-electron chi connectivity index (χ2n) is 4.68. The van der Waals surface area contributed by atoms with E-state index in [9.17, 15) is 0 Å². The Morgan fingerprint density at radius 1 is 1.12 bits per heavy atom. The monoisotopic (exact) mass is 236 g/mol. The van der Waals surface area contributed by atoms with Crippen LogP contribution in [0.3, 0.4) is 0 Å². The summed E-state index contributed by atoms with van der Waals surface area (Å²) in [6.45, 7) is 13.1. The normalized spacial score (nSPS) is 10.9. The van der Waals surface area contributed by atoms with E-state index >= 15 is 0 Å². The highest BCUT2D eigenvalue weighted by Gasteiger charge is 2.03. The predicted octanol–water partition coefficient (Wildman–Crippen LogP) is 2.00. The maximum Gasteiger partial charge on any atom is 0.122 e. The fraction of sp³-hybridized carbons (Fsp3) is 0.600. The molecule has 0 spiro atoms. The Labute approximate surface area is 106 Å². The van der Waals surface area contributed by atoms with E-state index in [1.54, 1.807) is 4.90 Å². The summed E-state index contributed by atoms with van der Waals surface area (Å²) >= 11 is 0. The Bertz CT molecular complexity index is 332. The third kappa shape index (κ3) is 4.78. The first-order valence-electron chi connectivity index (χ1n) is 6.71. The van der Waals surface area contributed by atoms with E-state index in [2.05, 4.69) is 45.9 Å². The molecule has 0 radical (unpaired) electrons. The van der Waals surface area contributed by atoms with Crippen LogP contribution in [0.2, 0.25) is 0 Å². The third-order valence-electron chi connectivity index (χ3n) is 3.28. The summed E-state index contributed by atoms with van der Waals surface area (Å²) in [5, 5.41) is 0. The van der Waals surface area contributed by atoms with Gasteiger partial charge in [-0.15, -0.1) is 0 Å². The molecule has 0 aromatic heterocycles. The SMILES string of the molecule is CC[NH+](CC)CCCOc1cc(C)ccc1C. The minimum absolute atomic E-state index is 0.827. The van der Waals surface area contributed by atoms with Crippen molar-refractivity contribution in [3.63, 3.8) is 0 Å². The second-order valence-corrected chi connectivity index (χ2v) is 4.68. The minimum Gasteiger partial charge on any atom is -0.493 e. The molecule has 0 fully saturated rings. The van der Waals surface area contributed by atoms with Crippen LogP contribution in [0.4, 0.5) is 0 Å². The molecule has 0 unspecified atom stereocenters. The van der Waals surface area contributed by atoms with Gasteiger partial charge in [0.05, 0.1) is 26.2 Å². The molecule has 1 N–H and O–H groups in total. The number of ether oxygens (including phenoxy) is 1. The van der Waals surface area contributed by atoms with E-state index in [-0.39, 0.29) is 0 Å². The van der Waals surface area contributed by atoms with Gasteiger partial charge >= 0.3 is 0 Å². The number of nitrogens with one attached hydrogen (secondary N) is 1. The van der Waals surface area contributed by atoms with E-state index < -0.39 is 0 Å². The summed E-state index contributed by atoms with van der Waals surface area (Å²) in [7, 11) is 0. The highest BCUT2D eigenvalue weighted by Crippen LogP contribution is 2.18. The molecule has 2 nitrogen and oxygen atoms in total. The summed E-state index contributed by atoms with van der Waals surface area (Å²) in [5.74, 6) is 1.04. The van der Waals surface area contributed by atoms with Gasteiger partial charge in [0, 0.05) is 6.42 Å². The lowest BCUT2D eigenvalue weighted by Gasteiger charge is -2.15. The molecular weight excluding hydrogens is 210 g/mol. The molecule has 0 bridgehead atoms. The van der Waals surface area contributed by atoms with E-state index in [1.807, 2.05) is 0 Å². The van der Waals surface area contributed by atoms with Crippen LogP contribution in [0.15, 0.2) is 18.2 Å². The van der Waals surface area contributed by atoms with Gasteiger partial charge in [-0.25, -0.2) is 0 Å². The quantitative estimate of drug-likeness (QED) is 0.715. The van der Waals surface area contributed by atoms with Crippen molar-refractivity contribution >= 4 is 0 Å². The van der Waals surface area contributed by atoms with Gasteiger partial charge in [-0.3, -0.25) is 0 Å². The molecule has 0 saturated carbocycles. The van der Waals surface area contributed by atoms with E-state index in [0.29, 0.717) is 0 Å². The summed E-state index contributed by atoms with van der Waals surface area (Å²) in [6, 6.07) is 6.38. The van der Waals surface area contributed by atoms with Gasteiger partial charge in [-0.05, 0) is 44.9 Å². The molecule has 0 atom stereocenters. The fourth-order valence-corrected chi connectivity index (χ4v) is 1.97. The molecule has 96 valence electrons. The maximum atomic E-state index is 5.84. The van der Waals surface area contributed by atoms with Crippen LogP contribution in [-0.2, 0) is 0 Å². The zero-order valence-corrected chi connectivity index (χ0v) is 11.7. The zero-order valence-electron chi connectivity index (χ0n) is 11.7. The van der Waals surface area contributed by atoms with Crippen LogP contribution in [0.5, 0.6) is 5.75 Å². The van der Waals surface area contributed by atoms with E-state index in [1.165, 1.54) is 30.8 Å². The first-order valence-corrected chi connectivity index (χ1v) is 6.71. The van der Waals surface area contributed by atoms with Crippen molar-refractivity contribution in [3.05, 3.63) is 29.3 Å². The number of benzene rings is 1. The predicted molar refractivity (Wildman–Crippen MR) is 72.9 cm³/mol. The van der Waals surface area contributed by atoms with Gasteiger partial charge in [0.1, 0.15) is 5.75 Å². The Hall–Kier alpha value is -1.02. The van der Waals surface area contributed by atoms with Crippen molar-refractivity contribution in [1.29, 1.82) is 0 Å². The van der Waals surface area contributed by atoms with Crippen LogP contribution < -0.4 is 9.64 Å². The van der Waals surface area contributed by atoms with Crippen molar-refractivity contribution in [2.45, 2.75) is 34.1 Å². The van der Waals surface area contributed by atoms with Crippen LogP contribution >= 0.6 is 0 Å². The standard InChI is InChI=1S/C15H25NO/c1-5-16(6-2)10-7-11-17-15-12-13(3)8-9-14(15)4/h8-9,12H,5-7,10-11H2,1-4H3/p+1. The average Bonchev–Trinajstić information content (AvgIpc) is 2.33. The van der Waals surface area contributed by atoms with Gasteiger partial charge in [0.2, 0.25) is 0 Å². The first-order chi connectivity index (χ1) is 8.17. The van der Waals surface area contributed by atoms with Crippen LogP contribution in [0, 0.1) is 13.8 Å². The molecule has 0 heterocycles. The van der Waals surface area contributed by atoms with Gasteiger partial charge in [-0.2, -0.15) is 0 Å². The summed E-state index contributed by atoms with van der Waals surface area (Å²) in [5.41, 5.74) is 2.49. The number of rotatable bonds is 7. The zero-order chi connectivity index (χ0) is 12.7. The number of quaternary nitrogens is 1. The average molecular weight is 236 g/mol. The number of aryl methyl sites for hydroxylation is 2. The Morgan fingerprint density at radius 3 is 2.47 bits per heavy atom. The molecule has 1 aromatic rings. The Kier molecular flexibility index (Phi) is 6.06. The van der Waals surface area contributed by atoms with Crippen molar-refractivity contribution in [2.75, 3.05) is 26.2 Å². The molecule has 0 saturated heterocycles. The van der Waals surface area contributed by atoms with Gasteiger partial charge in [0.25, 0.3) is 0 Å². The number of hydrogen-bond acceptors (Lipinski definition) is 1. The largest absolute Gasteiger partial charge is 0.493 e. The maximum absolute atomic E-state index is 5.84. The van der Waals surface area contributed by atoms with Crippen LogP contribution in [-0.4, -0.2) is 26.2 Å². The topological polar surface area (TPSA) is 13.7 Å². The molecule has 1 rings (SSSR count). The first kappa shape index (κ1) is 14.0. The molecule has 2 heteroatoms. The summed E-state index contributed by atoms with van der Waals surface area (Å²) in [6.07, 6.45) is 1.13. The molecule has 0 aliphatic rings. The number of hydrogen-bond donors (Lipinski definition) is 1. The minimum atomic E-state index is 0.827. The van der Waals surface area contributed by atoms with Gasteiger partial charge < -0.3 is 9.64 Å². The van der Waals surface area contributed by atoms with Gasteiger partial charge in [-0.1, -0.05) is 12.1 Å². The van der Waals surface area contributed by atoms with Crippen molar-refractivity contribution in [3.8, 4) is 5.75 Å². The molecule has 0 amide bonds. The third-order valence-corrected chi connectivity index (χ3v) is 3.28. The van der Waals surface area contributed by atoms with Crippen molar-refractivity contribution in [1.82, 2.24) is 0 Å². The van der Waals surface area contributed by atoms with Crippen LogP contribution in [0.1, 0.15) is 31.4 Å². The molecule has 1 aromatic carbocycles. The second kappa shape index (κ2) is 7.33. The highest BCUT2D eigenvalue weighted by molar-refractivity contribution is 5.35. The Balaban J connectivity index is 2.33. The summed E-state index contributed by atoms with van der Waals surface area (Å²) < 4.78 is 5.84. The van der Waals surface area contributed by atoms with Gasteiger partial charge in [0.15, 0.2) is 0 Å². The molecule has 0 aliphatic carbocycles. The van der Waals surface area contributed by atoms with Crippen molar-refractivity contribution in [2.24, 2.45) is 0 Å². The Morgan fingerprint density at radius 2 is 1.82 bits per heavy atom. The molecule has 0 aliphatic heterocycles. The lowest BCUT2D eigenvalue weighted by molar-refractivity contribution is -0.896. The smallest absolute Gasteiger partial charge is 0.122 e. The lowest BCUT2D eigenvalue weighted by atomic mass is 10.1.